The maximum absolute atomic E-state index is 12.2. The fourth-order valence-electron chi connectivity index (χ4n) is 9.04. The van der Waals surface area contributed by atoms with Gasteiger partial charge in [0.1, 0.15) is 5.76 Å². The highest BCUT2D eigenvalue weighted by molar-refractivity contribution is 5.86. The normalized spacial score (nSPS) is 38.5. The third-order valence-electron chi connectivity index (χ3n) is 11.2. The summed E-state index contributed by atoms with van der Waals surface area (Å²) >= 11 is 0. The molecule has 2 aliphatic heterocycles. The first-order chi connectivity index (χ1) is 19.1. The van der Waals surface area contributed by atoms with Gasteiger partial charge in [0.2, 0.25) is 0 Å². The Morgan fingerprint density at radius 3 is 1.82 bits per heavy atom. The highest BCUT2D eigenvalue weighted by Gasteiger charge is 2.60. The molecular formula is C34H56O6. The van der Waals surface area contributed by atoms with Gasteiger partial charge in [-0.3, -0.25) is 0 Å². The third kappa shape index (κ3) is 7.09. The number of hydrogen-bond donors (Lipinski definition) is 1. The summed E-state index contributed by atoms with van der Waals surface area (Å²) in [6.45, 7) is 9.51. The third-order valence-corrected chi connectivity index (χ3v) is 11.2. The Balaban J connectivity index is 1.11. The molecule has 6 nitrogen and oxygen atoms in total. The zero-order chi connectivity index (χ0) is 28.3. The van der Waals surface area contributed by atoms with Gasteiger partial charge >= 0.3 is 5.97 Å². The number of ether oxygens (including phenoxy) is 4. The van der Waals surface area contributed by atoms with Crippen LogP contribution in [0.5, 0.6) is 0 Å². The summed E-state index contributed by atoms with van der Waals surface area (Å²) < 4.78 is 24.7. The fraction of sp³-hybridized carbons (Fsp3) is 0.912. The summed E-state index contributed by atoms with van der Waals surface area (Å²) in [5.41, 5.74) is 0.418. The first-order valence-electron chi connectivity index (χ1n) is 16.6. The van der Waals surface area contributed by atoms with E-state index in [0.717, 1.165) is 83.4 Å². The summed E-state index contributed by atoms with van der Waals surface area (Å²) in [5, 5.41) is 10.0. The number of carboxylic acid groups (broad SMARTS) is 1. The molecule has 40 heavy (non-hydrogen) atoms. The van der Waals surface area contributed by atoms with Crippen LogP contribution in [-0.2, 0) is 23.7 Å². The first-order valence-corrected chi connectivity index (χ1v) is 16.6. The molecule has 0 aromatic carbocycles. The quantitative estimate of drug-likeness (QED) is 0.104. The number of unbranched alkanes of at least 4 members (excludes halogenated alkanes) is 6. The number of carbonyl (C=O) groups is 1. The summed E-state index contributed by atoms with van der Waals surface area (Å²) in [5.74, 6) is 1.19. The van der Waals surface area contributed by atoms with Gasteiger partial charge in [0, 0.05) is 12.0 Å². The van der Waals surface area contributed by atoms with Gasteiger partial charge in [0.15, 0.2) is 0 Å². The van der Waals surface area contributed by atoms with Crippen molar-refractivity contribution in [1.29, 1.82) is 0 Å². The van der Waals surface area contributed by atoms with Gasteiger partial charge in [-0.15, -0.1) is 0 Å². The van der Waals surface area contributed by atoms with E-state index >= 15 is 0 Å². The fourth-order valence-corrected chi connectivity index (χ4v) is 9.04. The molecule has 0 amide bonds. The van der Waals surface area contributed by atoms with Crippen LogP contribution in [0.4, 0.5) is 0 Å². The average Bonchev–Trinajstić information content (AvgIpc) is 2.86. The first kappa shape index (κ1) is 30.4. The lowest BCUT2D eigenvalue weighted by molar-refractivity contribution is -0.193. The number of carboxylic acids is 1. The van der Waals surface area contributed by atoms with Crippen molar-refractivity contribution in [2.75, 3.05) is 26.4 Å². The Morgan fingerprint density at radius 2 is 1.32 bits per heavy atom. The van der Waals surface area contributed by atoms with Gasteiger partial charge < -0.3 is 24.1 Å². The van der Waals surface area contributed by atoms with Crippen molar-refractivity contribution < 1.29 is 28.8 Å². The van der Waals surface area contributed by atoms with Crippen molar-refractivity contribution >= 4 is 5.97 Å². The van der Waals surface area contributed by atoms with Gasteiger partial charge in [-0.2, -0.15) is 0 Å². The number of aliphatic carboxylic acids is 1. The molecule has 6 heteroatoms. The van der Waals surface area contributed by atoms with Crippen LogP contribution in [0.15, 0.2) is 11.3 Å². The maximum atomic E-state index is 12.2. The minimum Gasteiger partial charge on any atom is -0.497 e. The Hall–Kier alpha value is -1.11. The van der Waals surface area contributed by atoms with Gasteiger partial charge in [0.05, 0.1) is 42.2 Å². The molecule has 228 valence electrons. The molecule has 6 fully saturated rings. The van der Waals surface area contributed by atoms with Gasteiger partial charge in [0.25, 0.3) is 0 Å². The topological polar surface area (TPSA) is 74.2 Å². The lowest BCUT2D eigenvalue weighted by Gasteiger charge is -2.62. The minimum absolute atomic E-state index is 0.0928. The molecule has 4 unspecified atom stereocenters. The number of allylic oxidation sites excluding steroid dienone is 1. The molecule has 1 N–H and O–H groups in total. The lowest BCUT2D eigenvalue weighted by atomic mass is 9.47. The number of rotatable bonds is 18. The van der Waals surface area contributed by atoms with Crippen molar-refractivity contribution in [3.8, 4) is 0 Å². The molecule has 0 aromatic rings. The molecule has 6 aliphatic rings. The van der Waals surface area contributed by atoms with Crippen molar-refractivity contribution in [3.63, 3.8) is 0 Å². The Labute approximate surface area is 242 Å². The smallest absolute Gasteiger partial charge is 0.334 e. The standard InChI is InChI=1S/C34H56O6/c1-26(30(35)36)29(37-16-10-6-4-8-12-31(2)14-18-38-31)33-21-27-20-28(22-33)24-34(23-27,25-33)40-17-11-7-5-9-13-32(3)15-19-39-32/h27-28H,4-25H2,1-3H3,(H,35,36). The van der Waals surface area contributed by atoms with Crippen LogP contribution in [0.25, 0.3) is 0 Å². The summed E-state index contributed by atoms with van der Waals surface area (Å²) in [7, 11) is 0. The zero-order valence-corrected chi connectivity index (χ0v) is 25.7. The Kier molecular flexibility index (Phi) is 9.58. The van der Waals surface area contributed by atoms with E-state index in [-0.39, 0.29) is 22.2 Å². The lowest BCUT2D eigenvalue weighted by Crippen LogP contribution is -2.57. The second-order valence-electron chi connectivity index (χ2n) is 14.8. The highest BCUT2D eigenvalue weighted by atomic mass is 16.5. The highest BCUT2D eigenvalue weighted by Crippen LogP contribution is 2.65. The largest absolute Gasteiger partial charge is 0.497 e. The van der Waals surface area contributed by atoms with Crippen molar-refractivity contribution in [1.82, 2.24) is 0 Å². The van der Waals surface area contributed by atoms with Crippen LogP contribution in [-0.4, -0.2) is 54.3 Å². The van der Waals surface area contributed by atoms with Gasteiger partial charge in [-0.1, -0.05) is 38.5 Å². The minimum atomic E-state index is -0.837. The van der Waals surface area contributed by atoms with E-state index in [4.69, 9.17) is 18.9 Å². The van der Waals surface area contributed by atoms with Crippen LogP contribution >= 0.6 is 0 Å². The molecule has 4 saturated carbocycles. The summed E-state index contributed by atoms with van der Waals surface area (Å²) in [6, 6.07) is 0. The molecule has 0 aromatic heterocycles. The SMILES string of the molecule is CC(C(=O)O)=C(OCCCCCCC1(C)CCO1)C12CC3CC(CC(OCCCCCCC4(C)CCO4)(C3)C1)C2. The molecular weight excluding hydrogens is 504 g/mol. The van der Waals surface area contributed by atoms with E-state index in [2.05, 4.69) is 13.8 Å². The maximum Gasteiger partial charge on any atom is 0.334 e. The van der Waals surface area contributed by atoms with E-state index in [1.165, 1.54) is 57.8 Å². The van der Waals surface area contributed by atoms with Crippen LogP contribution in [0.3, 0.4) is 0 Å². The molecule has 4 bridgehead atoms. The van der Waals surface area contributed by atoms with E-state index in [1.807, 2.05) is 0 Å². The molecule has 4 atom stereocenters. The second kappa shape index (κ2) is 12.6. The molecule has 6 rings (SSSR count). The van der Waals surface area contributed by atoms with Crippen molar-refractivity contribution in [2.45, 2.75) is 153 Å². The average molecular weight is 561 g/mol. The van der Waals surface area contributed by atoms with Crippen LogP contribution in [0.2, 0.25) is 0 Å². The van der Waals surface area contributed by atoms with Crippen molar-refractivity contribution in [2.24, 2.45) is 17.3 Å². The molecule has 4 aliphatic carbocycles. The van der Waals surface area contributed by atoms with E-state index < -0.39 is 5.97 Å². The molecule has 0 spiro atoms. The molecule has 2 saturated heterocycles. The van der Waals surface area contributed by atoms with Gasteiger partial charge in [-0.25, -0.2) is 4.79 Å². The monoisotopic (exact) mass is 560 g/mol. The summed E-state index contributed by atoms with van der Waals surface area (Å²) in [6.07, 6.45) is 20.6. The zero-order valence-electron chi connectivity index (χ0n) is 25.7. The van der Waals surface area contributed by atoms with Crippen LogP contribution < -0.4 is 0 Å². The Morgan fingerprint density at radius 1 is 0.800 bits per heavy atom. The molecule has 2 heterocycles. The summed E-state index contributed by atoms with van der Waals surface area (Å²) in [4.78, 5) is 12.2. The Bertz CT molecular complexity index is 886. The van der Waals surface area contributed by atoms with E-state index in [1.54, 1.807) is 6.92 Å². The number of hydrogen-bond acceptors (Lipinski definition) is 5. The molecule has 0 radical (unpaired) electrons. The van der Waals surface area contributed by atoms with Gasteiger partial charge in [-0.05, 0) is 110 Å². The van der Waals surface area contributed by atoms with Crippen molar-refractivity contribution in [3.05, 3.63) is 11.3 Å². The predicted molar refractivity (Wildman–Crippen MR) is 156 cm³/mol. The van der Waals surface area contributed by atoms with E-state index in [9.17, 15) is 9.90 Å². The van der Waals surface area contributed by atoms with Crippen LogP contribution in [0.1, 0.15) is 136 Å². The second-order valence-corrected chi connectivity index (χ2v) is 14.8. The predicted octanol–water partition coefficient (Wildman–Crippen LogP) is 7.98. The van der Waals surface area contributed by atoms with Crippen LogP contribution in [0, 0.1) is 17.3 Å². The van der Waals surface area contributed by atoms with E-state index in [0.29, 0.717) is 24.0 Å².